The van der Waals surface area contributed by atoms with Gasteiger partial charge in [-0.1, -0.05) is 49.4 Å². The largest absolute Gasteiger partial charge is 0.481 e. The van der Waals surface area contributed by atoms with Gasteiger partial charge in [0.05, 0.1) is 5.92 Å². The Morgan fingerprint density at radius 1 is 1.14 bits per heavy atom. The minimum absolute atomic E-state index is 0.0320. The monoisotopic (exact) mass is 396 g/mol. The molecule has 6 heteroatoms. The number of amides is 2. The molecule has 0 aromatic heterocycles. The highest BCUT2D eigenvalue weighted by molar-refractivity contribution is 5.88. The molecule has 0 spiro atoms. The van der Waals surface area contributed by atoms with Crippen LogP contribution in [0.5, 0.6) is 0 Å². The van der Waals surface area contributed by atoms with Crippen molar-refractivity contribution < 1.29 is 19.5 Å². The number of piperidine rings is 1. The molecule has 29 heavy (non-hydrogen) atoms. The molecule has 2 N–H and O–H groups in total. The van der Waals surface area contributed by atoms with Crippen LogP contribution in [-0.2, 0) is 20.8 Å². The number of carboxylic acid groups (broad SMARTS) is 1. The zero-order valence-electron chi connectivity index (χ0n) is 16.8. The second kappa shape index (κ2) is 9.54. The van der Waals surface area contributed by atoms with Crippen molar-refractivity contribution in [2.45, 2.75) is 45.1 Å². The zero-order valence-corrected chi connectivity index (χ0v) is 16.8. The number of rotatable bonds is 7. The van der Waals surface area contributed by atoms with Crippen molar-refractivity contribution in [2.24, 2.45) is 5.92 Å². The van der Waals surface area contributed by atoms with Crippen LogP contribution in [0.25, 0.3) is 10.8 Å². The molecule has 2 amide bonds. The number of hydrogen-bond acceptors (Lipinski definition) is 3. The van der Waals surface area contributed by atoms with Crippen molar-refractivity contribution in [2.75, 3.05) is 13.1 Å². The van der Waals surface area contributed by atoms with Gasteiger partial charge in [0.1, 0.15) is 6.04 Å². The summed E-state index contributed by atoms with van der Waals surface area (Å²) in [5, 5.41) is 14.6. The smallest absolute Gasteiger partial charge is 0.308 e. The van der Waals surface area contributed by atoms with Crippen molar-refractivity contribution in [1.82, 2.24) is 10.2 Å². The minimum Gasteiger partial charge on any atom is -0.481 e. The molecule has 3 rings (SSSR count). The first-order valence-electron chi connectivity index (χ1n) is 10.3. The molecular weight excluding hydrogens is 368 g/mol. The summed E-state index contributed by atoms with van der Waals surface area (Å²) in [5.74, 6) is -1.96. The van der Waals surface area contributed by atoms with Gasteiger partial charge in [-0.2, -0.15) is 0 Å². The molecule has 0 bridgehead atoms. The maximum Gasteiger partial charge on any atom is 0.308 e. The number of hydrogen-bond donors (Lipinski definition) is 2. The Morgan fingerprint density at radius 3 is 2.66 bits per heavy atom. The molecule has 2 atom stereocenters. The van der Waals surface area contributed by atoms with E-state index in [1.807, 2.05) is 42.5 Å². The molecular formula is C23H28N2O4. The van der Waals surface area contributed by atoms with Gasteiger partial charge < -0.3 is 15.3 Å². The van der Waals surface area contributed by atoms with E-state index in [1.165, 1.54) is 0 Å². The van der Waals surface area contributed by atoms with Crippen LogP contribution in [0, 0.1) is 5.92 Å². The number of carboxylic acids is 1. The second-order valence-corrected chi connectivity index (χ2v) is 7.57. The number of carbonyl (C=O) groups is 3. The standard InChI is InChI=1S/C23H28N2O4/c1-2-21(26)25-13-6-5-12-20(25)22(27)24-15-18(23(28)29)14-17-10-7-9-16-8-3-4-11-19(16)17/h3-4,7-11,18,20H,2,5-6,12-15H2,1H3,(H,24,27)(H,28,29). The van der Waals surface area contributed by atoms with Crippen LogP contribution in [0.3, 0.4) is 0 Å². The van der Waals surface area contributed by atoms with E-state index in [4.69, 9.17) is 0 Å². The average molecular weight is 396 g/mol. The minimum atomic E-state index is -0.941. The van der Waals surface area contributed by atoms with E-state index in [0.717, 1.165) is 29.2 Å². The number of fused-ring (bicyclic) bond motifs is 1. The molecule has 1 heterocycles. The number of carbonyl (C=O) groups excluding carboxylic acids is 2. The number of nitrogens with zero attached hydrogens (tertiary/aromatic N) is 1. The van der Waals surface area contributed by atoms with Gasteiger partial charge >= 0.3 is 5.97 Å². The molecule has 0 saturated carbocycles. The van der Waals surface area contributed by atoms with Gasteiger partial charge in [-0.05, 0) is 42.0 Å². The Hall–Kier alpha value is -2.89. The molecule has 2 aromatic carbocycles. The number of nitrogens with one attached hydrogen (secondary N) is 1. The normalized spacial score (nSPS) is 17.7. The Labute approximate surface area is 170 Å². The van der Waals surface area contributed by atoms with Crippen LogP contribution in [0.4, 0.5) is 0 Å². The zero-order chi connectivity index (χ0) is 20.8. The third-order valence-electron chi connectivity index (χ3n) is 5.65. The van der Waals surface area contributed by atoms with Crippen LogP contribution in [0.1, 0.15) is 38.2 Å². The average Bonchev–Trinajstić information content (AvgIpc) is 2.75. The lowest BCUT2D eigenvalue weighted by molar-refractivity contribution is -0.144. The van der Waals surface area contributed by atoms with Crippen molar-refractivity contribution in [3.8, 4) is 0 Å². The van der Waals surface area contributed by atoms with Crippen LogP contribution in [0.15, 0.2) is 42.5 Å². The predicted octanol–water partition coefficient (Wildman–Crippen LogP) is 2.99. The lowest BCUT2D eigenvalue weighted by atomic mass is 9.94. The summed E-state index contributed by atoms with van der Waals surface area (Å²) >= 11 is 0. The van der Waals surface area contributed by atoms with Crippen molar-refractivity contribution in [3.05, 3.63) is 48.0 Å². The maximum absolute atomic E-state index is 12.7. The van der Waals surface area contributed by atoms with E-state index < -0.39 is 17.9 Å². The molecule has 2 aromatic rings. The van der Waals surface area contributed by atoms with E-state index in [-0.39, 0.29) is 18.4 Å². The molecule has 154 valence electrons. The molecule has 1 fully saturated rings. The summed E-state index contributed by atoms with van der Waals surface area (Å²) in [5.41, 5.74) is 0.949. The Morgan fingerprint density at radius 2 is 1.90 bits per heavy atom. The third kappa shape index (κ3) is 4.94. The maximum atomic E-state index is 12.7. The van der Waals surface area contributed by atoms with Gasteiger partial charge in [0, 0.05) is 19.5 Å². The van der Waals surface area contributed by atoms with Gasteiger partial charge in [-0.3, -0.25) is 14.4 Å². The molecule has 2 unspecified atom stereocenters. The van der Waals surface area contributed by atoms with Gasteiger partial charge in [-0.25, -0.2) is 0 Å². The number of likely N-dealkylation sites (tertiary alicyclic amines) is 1. The van der Waals surface area contributed by atoms with Crippen molar-refractivity contribution >= 4 is 28.6 Å². The number of aliphatic carboxylic acids is 1. The second-order valence-electron chi connectivity index (χ2n) is 7.57. The van der Waals surface area contributed by atoms with E-state index in [9.17, 15) is 19.5 Å². The van der Waals surface area contributed by atoms with Crippen LogP contribution < -0.4 is 5.32 Å². The van der Waals surface area contributed by atoms with Gasteiger partial charge in [0.15, 0.2) is 0 Å². The van der Waals surface area contributed by atoms with Crippen LogP contribution in [0.2, 0.25) is 0 Å². The van der Waals surface area contributed by atoms with E-state index in [2.05, 4.69) is 5.32 Å². The quantitative estimate of drug-likeness (QED) is 0.753. The molecule has 1 saturated heterocycles. The summed E-state index contributed by atoms with van der Waals surface area (Å²) in [6.45, 7) is 2.42. The number of benzene rings is 2. The topological polar surface area (TPSA) is 86.7 Å². The first kappa shape index (κ1) is 20.8. The van der Waals surface area contributed by atoms with E-state index >= 15 is 0 Å². The highest BCUT2D eigenvalue weighted by Crippen LogP contribution is 2.22. The van der Waals surface area contributed by atoms with E-state index in [0.29, 0.717) is 25.8 Å². The molecule has 6 nitrogen and oxygen atoms in total. The summed E-state index contributed by atoms with van der Waals surface area (Å²) in [6.07, 6.45) is 3.11. The SMILES string of the molecule is CCC(=O)N1CCCCC1C(=O)NCC(Cc1cccc2ccccc12)C(=O)O. The first-order chi connectivity index (χ1) is 14.0. The van der Waals surface area contributed by atoms with Gasteiger partial charge in [0.25, 0.3) is 0 Å². The third-order valence-corrected chi connectivity index (χ3v) is 5.65. The summed E-state index contributed by atoms with van der Waals surface area (Å²) in [4.78, 5) is 38.3. The highest BCUT2D eigenvalue weighted by atomic mass is 16.4. The lowest BCUT2D eigenvalue weighted by Gasteiger charge is -2.34. The summed E-state index contributed by atoms with van der Waals surface area (Å²) in [7, 11) is 0. The van der Waals surface area contributed by atoms with E-state index in [1.54, 1.807) is 11.8 Å². The fraction of sp³-hybridized carbons (Fsp3) is 0.435. The molecule has 0 radical (unpaired) electrons. The summed E-state index contributed by atoms with van der Waals surface area (Å²) in [6, 6.07) is 13.2. The summed E-state index contributed by atoms with van der Waals surface area (Å²) < 4.78 is 0. The Kier molecular flexibility index (Phi) is 6.86. The lowest BCUT2D eigenvalue weighted by Crippen LogP contribution is -2.52. The molecule has 0 aliphatic carbocycles. The Balaban J connectivity index is 1.68. The van der Waals surface area contributed by atoms with Gasteiger partial charge in [0.2, 0.25) is 11.8 Å². The van der Waals surface area contributed by atoms with Crippen molar-refractivity contribution in [3.63, 3.8) is 0 Å². The van der Waals surface area contributed by atoms with Crippen LogP contribution >= 0.6 is 0 Å². The predicted molar refractivity (Wildman–Crippen MR) is 111 cm³/mol. The van der Waals surface area contributed by atoms with Gasteiger partial charge in [-0.15, -0.1) is 0 Å². The first-order valence-corrected chi connectivity index (χ1v) is 10.3. The molecule has 1 aliphatic rings. The fourth-order valence-corrected chi connectivity index (χ4v) is 4.03. The fourth-order valence-electron chi connectivity index (χ4n) is 4.03. The molecule has 1 aliphatic heterocycles. The highest BCUT2D eigenvalue weighted by Gasteiger charge is 2.32. The van der Waals surface area contributed by atoms with Crippen LogP contribution in [-0.4, -0.2) is 46.9 Å². The van der Waals surface area contributed by atoms with Crippen molar-refractivity contribution in [1.29, 1.82) is 0 Å². The Bertz CT molecular complexity index is 890.